The Kier molecular flexibility index (Phi) is 2.96. The molecule has 2 rings (SSSR count). The summed E-state index contributed by atoms with van der Waals surface area (Å²) in [5.74, 6) is -1.74. The van der Waals surface area contributed by atoms with Gasteiger partial charge in [-0.1, -0.05) is 6.07 Å². The lowest BCUT2D eigenvalue weighted by Gasteiger charge is -2.07. The zero-order chi connectivity index (χ0) is 13.4. The zero-order valence-electron chi connectivity index (χ0n) is 10.0. The Morgan fingerprint density at radius 3 is 2.78 bits per heavy atom. The summed E-state index contributed by atoms with van der Waals surface area (Å²) in [6.45, 7) is 1.80. The van der Waals surface area contributed by atoms with Gasteiger partial charge in [-0.15, -0.1) is 0 Å². The van der Waals surface area contributed by atoms with Gasteiger partial charge in [0.05, 0.1) is 5.52 Å². The maximum atomic E-state index is 11.4. The summed E-state index contributed by atoms with van der Waals surface area (Å²) in [6, 6.07) is 3.32. The largest absolute Gasteiger partial charge is 0.479 e. The summed E-state index contributed by atoms with van der Waals surface area (Å²) >= 11 is 0. The van der Waals surface area contributed by atoms with Crippen molar-refractivity contribution in [2.45, 2.75) is 19.4 Å². The van der Waals surface area contributed by atoms with Gasteiger partial charge in [0.1, 0.15) is 0 Å². The molecule has 1 unspecified atom stereocenters. The molecule has 0 aliphatic carbocycles. The first kappa shape index (κ1) is 12.4. The van der Waals surface area contributed by atoms with Gasteiger partial charge in [-0.3, -0.25) is 4.57 Å². The quantitative estimate of drug-likeness (QED) is 0.825. The van der Waals surface area contributed by atoms with Crippen LogP contribution in [0.25, 0.3) is 11.1 Å². The standard InChI is InChI=1S/C12H13NO5/c1-6-3-7(4-8(14)11(15)16)5-9-10(6)13(2)12(17)18-9/h3,5,8,14H,4H2,1-2H3,(H,15,16). The van der Waals surface area contributed by atoms with Crippen LogP contribution in [0.5, 0.6) is 0 Å². The van der Waals surface area contributed by atoms with Crippen LogP contribution in [0, 0.1) is 6.92 Å². The monoisotopic (exact) mass is 251 g/mol. The van der Waals surface area contributed by atoms with Gasteiger partial charge in [-0.25, -0.2) is 9.59 Å². The van der Waals surface area contributed by atoms with Crippen molar-refractivity contribution < 1.29 is 19.4 Å². The molecule has 0 amide bonds. The number of aryl methyl sites for hydroxylation is 2. The predicted octanol–water partition coefficient (Wildman–Crippen LogP) is 0.428. The summed E-state index contributed by atoms with van der Waals surface area (Å²) in [5.41, 5.74) is 2.49. The van der Waals surface area contributed by atoms with Crippen molar-refractivity contribution in [3.8, 4) is 0 Å². The number of benzene rings is 1. The number of aliphatic carboxylic acids is 1. The number of aliphatic hydroxyl groups excluding tert-OH is 1. The highest BCUT2D eigenvalue weighted by Gasteiger charge is 2.16. The second kappa shape index (κ2) is 4.30. The fourth-order valence-electron chi connectivity index (χ4n) is 2.01. The highest BCUT2D eigenvalue weighted by atomic mass is 16.4. The SMILES string of the molecule is Cc1cc(CC(O)C(=O)O)cc2oc(=O)n(C)c12. The minimum absolute atomic E-state index is 0.0231. The lowest BCUT2D eigenvalue weighted by Crippen LogP contribution is -2.22. The van der Waals surface area contributed by atoms with Crippen molar-refractivity contribution in [3.05, 3.63) is 33.8 Å². The summed E-state index contributed by atoms with van der Waals surface area (Å²) in [4.78, 5) is 22.0. The normalized spacial score (nSPS) is 12.8. The highest BCUT2D eigenvalue weighted by molar-refractivity contribution is 5.78. The number of aromatic nitrogens is 1. The number of oxazole rings is 1. The van der Waals surface area contributed by atoms with Crippen LogP contribution in [0.3, 0.4) is 0 Å². The first-order valence-corrected chi connectivity index (χ1v) is 5.40. The molecule has 0 saturated heterocycles. The molecule has 0 bridgehead atoms. The first-order valence-electron chi connectivity index (χ1n) is 5.40. The number of carbonyl (C=O) groups is 1. The second-order valence-corrected chi connectivity index (χ2v) is 4.24. The minimum atomic E-state index is -1.46. The molecule has 0 radical (unpaired) electrons. The molecule has 18 heavy (non-hydrogen) atoms. The Bertz CT molecular complexity index is 667. The lowest BCUT2D eigenvalue weighted by atomic mass is 10.0. The molecule has 1 heterocycles. The Balaban J connectivity index is 2.50. The van der Waals surface area contributed by atoms with E-state index in [1.165, 1.54) is 4.57 Å². The van der Waals surface area contributed by atoms with Gasteiger partial charge in [-0.2, -0.15) is 0 Å². The zero-order valence-corrected chi connectivity index (χ0v) is 10.0. The van der Waals surface area contributed by atoms with Gasteiger partial charge in [0, 0.05) is 13.5 Å². The van der Waals surface area contributed by atoms with E-state index in [0.717, 1.165) is 5.56 Å². The van der Waals surface area contributed by atoms with Crippen molar-refractivity contribution in [2.75, 3.05) is 0 Å². The number of fused-ring (bicyclic) bond motifs is 1. The van der Waals surface area contributed by atoms with E-state index in [4.69, 9.17) is 9.52 Å². The van der Waals surface area contributed by atoms with E-state index in [1.807, 2.05) is 0 Å². The molecule has 96 valence electrons. The molecule has 0 aliphatic rings. The third-order valence-corrected chi connectivity index (χ3v) is 2.85. The van der Waals surface area contributed by atoms with E-state index < -0.39 is 17.8 Å². The van der Waals surface area contributed by atoms with E-state index in [0.29, 0.717) is 16.7 Å². The Morgan fingerprint density at radius 1 is 1.50 bits per heavy atom. The number of nitrogens with zero attached hydrogens (tertiary/aromatic N) is 1. The van der Waals surface area contributed by atoms with Crippen LogP contribution >= 0.6 is 0 Å². The maximum absolute atomic E-state index is 11.4. The van der Waals surface area contributed by atoms with Gasteiger partial charge < -0.3 is 14.6 Å². The van der Waals surface area contributed by atoms with E-state index in [9.17, 15) is 14.7 Å². The lowest BCUT2D eigenvalue weighted by molar-refractivity contribution is -0.146. The molecular weight excluding hydrogens is 238 g/mol. The minimum Gasteiger partial charge on any atom is -0.479 e. The summed E-state index contributed by atoms with van der Waals surface area (Å²) < 4.78 is 6.43. The highest BCUT2D eigenvalue weighted by Crippen LogP contribution is 2.20. The predicted molar refractivity (Wildman–Crippen MR) is 63.5 cm³/mol. The fourth-order valence-corrected chi connectivity index (χ4v) is 2.01. The number of hydrogen-bond donors (Lipinski definition) is 2. The maximum Gasteiger partial charge on any atom is 0.419 e. The molecule has 2 aromatic rings. The average Bonchev–Trinajstić information content (AvgIpc) is 2.54. The molecule has 1 atom stereocenters. The Hall–Kier alpha value is -2.08. The Labute approximate surface area is 102 Å². The average molecular weight is 251 g/mol. The van der Waals surface area contributed by atoms with Gasteiger partial charge >= 0.3 is 11.7 Å². The van der Waals surface area contributed by atoms with Crippen LogP contribution in [-0.2, 0) is 18.3 Å². The third-order valence-electron chi connectivity index (χ3n) is 2.85. The third kappa shape index (κ3) is 2.02. The summed E-state index contributed by atoms with van der Waals surface area (Å²) in [7, 11) is 1.60. The molecule has 0 saturated carbocycles. The smallest absolute Gasteiger partial charge is 0.419 e. The molecular formula is C12H13NO5. The Morgan fingerprint density at radius 2 is 2.17 bits per heavy atom. The molecule has 0 aliphatic heterocycles. The van der Waals surface area contributed by atoms with Crippen molar-refractivity contribution in [1.29, 1.82) is 0 Å². The number of carboxylic acid groups (broad SMARTS) is 1. The van der Waals surface area contributed by atoms with Crippen molar-refractivity contribution in [2.24, 2.45) is 7.05 Å². The van der Waals surface area contributed by atoms with Crippen molar-refractivity contribution >= 4 is 17.1 Å². The summed E-state index contributed by atoms with van der Waals surface area (Å²) in [6.07, 6.45) is -1.48. The first-order chi connectivity index (χ1) is 8.40. The molecule has 0 spiro atoms. The van der Waals surface area contributed by atoms with Crippen molar-refractivity contribution in [1.82, 2.24) is 4.57 Å². The fraction of sp³-hybridized carbons (Fsp3) is 0.333. The molecule has 2 N–H and O–H groups in total. The van der Waals surface area contributed by atoms with Crippen molar-refractivity contribution in [3.63, 3.8) is 0 Å². The topological polar surface area (TPSA) is 92.7 Å². The molecule has 1 aromatic heterocycles. The molecule has 0 fully saturated rings. The van der Waals surface area contributed by atoms with E-state index in [1.54, 1.807) is 26.1 Å². The van der Waals surface area contributed by atoms with Gasteiger partial charge in [0.25, 0.3) is 0 Å². The van der Waals surface area contributed by atoms with Crippen LogP contribution in [-0.4, -0.2) is 26.9 Å². The number of rotatable bonds is 3. The number of carboxylic acids is 1. The van der Waals surface area contributed by atoms with Crippen LogP contribution in [0.15, 0.2) is 21.3 Å². The van der Waals surface area contributed by atoms with Crippen LogP contribution < -0.4 is 5.76 Å². The summed E-state index contributed by atoms with van der Waals surface area (Å²) in [5, 5.41) is 18.0. The van der Waals surface area contributed by atoms with Gasteiger partial charge in [-0.05, 0) is 24.1 Å². The van der Waals surface area contributed by atoms with E-state index in [2.05, 4.69) is 0 Å². The van der Waals surface area contributed by atoms with Gasteiger partial charge in [0.15, 0.2) is 11.7 Å². The molecule has 6 heteroatoms. The van der Waals surface area contributed by atoms with E-state index >= 15 is 0 Å². The number of aliphatic hydroxyl groups is 1. The second-order valence-electron chi connectivity index (χ2n) is 4.24. The van der Waals surface area contributed by atoms with Gasteiger partial charge in [0.2, 0.25) is 0 Å². The van der Waals surface area contributed by atoms with Crippen LogP contribution in [0.1, 0.15) is 11.1 Å². The number of hydrogen-bond acceptors (Lipinski definition) is 4. The molecule has 6 nitrogen and oxygen atoms in total. The molecule has 1 aromatic carbocycles. The van der Waals surface area contributed by atoms with Crippen LogP contribution in [0.2, 0.25) is 0 Å². The van der Waals surface area contributed by atoms with Crippen LogP contribution in [0.4, 0.5) is 0 Å². The van der Waals surface area contributed by atoms with E-state index in [-0.39, 0.29) is 6.42 Å².